The van der Waals surface area contributed by atoms with Gasteiger partial charge in [0.05, 0.1) is 19.1 Å². The normalized spacial score (nSPS) is 11.4. The summed E-state index contributed by atoms with van der Waals surface area (Å²) in [5, 5.41) is 2.79. The molecular formula is C20H23NO4. The smallest absolute Gasteiger partial charge is 0.309 e. The van der Waals surface area contributed by atoms with Gasteiger partial charge in [0.2, 0.25) is 0 Å². The maximum absolute atomic E-state index is 11.8. The molecule has 0 aliphatic carbocycles. The Balaban J connectivity index is 1.64. The maximum atomic E-state index is 11.8. The van der Waals surface area contributed by atoms with E-state index in [4.69, 9.17) is 9.47 Å². The minimum absolute atomic E-state index is 0.0927. The summed E-state index contributed by atoms with van der Waals surface area (Å²) < 4.78 is 10.4. The van der Waals surface area contributed by atoms with Crippen LogP contribution in [0.15, 0.2) is 54.6 Å². The molecule has 2 aromatic carbocycles. The van der Waals surface area contributed by atoms with Crippen LogP contribution in [0.25, 0.3) is 0 Å². The van der Waals surface area contributed by atoms with Crippen LogP contribution < -0.4 is 10.1 Å². The third-order valence-corrected chi connectivity index (χ3v) is 3.64. The van der Waals surface area contributed by atoms with Gasteiger partial charge in [-0.15, -0.1) is 0 Å². The van der Waals surface area contributed by atoms with E-state index in [9.17, 15) is 9.59 Å². The van der Waals surface area contributed by atoms with Crippen molar-refractivity contribution in [3.05, 3.63) is 65.7 Å². The summed E-state index contributed by atoms with van der Waals surface area (Å²) in [6.07, 6.45) is 0.0927. The predicted octanol–water partition coefficient (Wildman–Crippen LogP) is 3.18. The van der Waals surface area contributed by atoms with Crippen LogP contribution in [0.1, 0.15) is 30.5 Å². The Morgan fingerprint density at radius 3 is 2.40 bits per heavy atom. The van der Waals surface area contributed by atoms with Gasteiger partial charge in [0.1, 0.15) is 5.75 Å². The second kappa shape index (κ2) is 9.47. The van der Waals surface area contributed by atoms with Crippen molar-refractivity contribution in [2.45, 2.75) is 26.3 Å². The molecule has 0 bridgehead atoms. The quantitative estimate of drug-likeness (QED) is 0.749. The molecule has 132 valence electrons. The number of amides is 1. The first-order chi connectivity index (χ1) is 12.0. The minimum Gasteiger partial charge on any atom is -0.493 e. The minimum atomic E-state index is -0.463. The predicted molar refractivity (Wildman–Crippen MR) is 95.2 cm³/mol. The van der Waals surface area contributed by atoms with Gasteiger partial charge in [0.25, 0.3) is 5.91 Å². The summed E-state index contributed by atoms with van der Waals surface area (Å²) in [6.45, 7) is 3.79. The molecule has 2 aromatic rings. The van der Waals surface area contributed by atoms with Crippen molar-refractivity contribution < 1.29 is 19.1 Å². The highest BCUT2D eigenvalue weighted by Crippen LogP contribution is 2.12. The van der Waals surface area contributed by atoms with Crippen LogP contribution in [0.4, 0.5) is 0 Å². The van der Waals surface area contributed by atoms with Crippen LogP contribution in [0.5, 0.6) is 5.75 Å². The second-order valence-corrected chi connectivity index (χ2v) is 5.77. The lowest BCUT2D eigenvalue weighted by Gasteiger charge is -2.14. The molecule has 0 fully saturated rings. The molecule has 0 aliphatic heterocycles. The Kier molecular flexibility index (Phi) is 7.01. The summed E-state index contributed by atoms with van der Waals surface area (Å²) in [6, 6.07) is 17.0. The number of hydrogen-bond donors (Lipinski definition) is 1. The van der Waals surface area contributed by atoms with E-state index in [-0.39, 0.29) is 31.6 Å². The van der Waals surface area contributed by atoms with Gasteiger partial charge in [-0.3, -0.25) is 9.59 Å². The van der Waals surface area contributed by atoms with E-state index in [0.717, 1.165) is 11.1 Å². The molecule has 0 aliphatic rings. The number of hydrogen-bond acceptors (Lipinski definition) is 4. The lowest BCUT2D eigenvalue weighted by molar-refractivity contribution is -0.149. The largest absolute Gasteiger partial charge is 0.493 e. The fourth-order valence-corrected chi connectivity index (χ4v) is 2.21. The summed E-state index contributed by atoms with van der Waals surface area (Å²) in [4.78, 5) is 23.5. The fourth-order valence-electron chi connectivity index (χ4n) is 2.21. The molecule has 0 radical (unpaired) electrons. The average Bonchev–Trinajstić information content (AvgIpc) is 2.62. The second-order valence-electron chi connectivity index (χ2n) is 5.77. The summed E-state index contributed by atoms with van der Waals surface area (Å²) in [5.41, 5.74) is 2.14. The topological polar surface area (TPSA) is 64.6 Å². The van der Waals surface area contributed by atoms with E-state index >= 15 is 0 Å². The lowest BCUT2D eigenvalue weighted by Crippen LogP contribution is -2.31. The summed E-state index contributed by atoms with van der Waals surface area (Å²) >= 11 is 0. The Bertz CT molecular complexity index is 683. The zero-order chi connectivity index (χ0) is 18.1. The zero-order valence-corrected chi connectivity index (χ0v) is 14.5. The standard InChI is InChI=1S/C20H23NO4/c1-15-8-10-18(11-9-15)24-13-12-20(23)25-14-19(22)21-16(2)17-6-4-3-5-7-17/h3-11,16H,12-14H2,1-2H3,(H,21,22)/t16-/m0/s1. The molecule has 5 heteroatoms. The van der Waals surface area contributed by atoms with Crippen molar-refractivity contribution in [2.75, 3.05) is 13.2 Å². The van der Waals surface area contributed by atoms with Crippen LogP contribution >= 0.6 is 0 Å². The number of carbonyl (C=O) groups excluding carboxylic acids is 2. The van der Waals surface area contributed by atoms with Gasteiger partial charge >= 0.3 is 5.97 Å². The molecule has 0 unspecified atom stereocenters. The number of nitrogens with one attached hydrogen (secondary N) is 1. The van der Waals surface area contributed by atoms with E-state index in [0.29, 0.717) is 5.75 Å². The van der Waals surface area contributed by atoms with Crippen molar-refractivity contribution >= 4 is 11.9 Å². The first kappa shape index (κ1) is 18.5. The molecule has 1 amide bonds. The number of ether oxygens (including phenoxy) is 2. The van der Waals surface area contributed by atoms with Crippen molar-refractivity contribution in [2.24, 2.45) is 0 Å². The SMILES string of the molecule is Cc1ccc(OCCC(=O)OCC(=O)N[C@@H](C)c2ccccc2)cc1. The van der Waals surface area contributed by atoms with Crippen molar-refractivity contribution in [3.8, 4) is 5.75 Å². The molecule has 25 heavy (non-hydrogen) atoms. The highest BCUT2D eigenvalue weighted by atomic mass is 16.5. The Labute approximate surface area is 148 Å². The maximum Gasteiger partial charge on any atom is 0.309 e. The van der Waals surface area contributed by atoms with E-state index < -0.39 is 5.97 Å². The van der Waals surface area contributed by atoms with Crippen molar-refractivity contribution in [1.29, 1.82) is 0 Å². The number of carbonyl (C=O) groups is 2. The van der Waals surface area contributed by atoms with Crippen LogP contribution in [0, 0.1) is 6.92 Å². The molecule has 5 nitrogen and oxygen atoms in total. The van der Waals surface area contributed by atoms with E-state index in [1.807, 2.05) is 68.4 Å². The monoisotopic (exact) mass is 341 g/mol. The number of benzene rings is 2. The van der Waals surface area contributed by atoms with Crippen molar-refractivity contribution in [3.63, 3.8) is 0 Å². The van der Waals surface area contributed by atoms with Gasteiger partial charge < -0.3 is 14.8 Å². The van der Waals surface area contributed by atoms with Gasteiger partial charge in [-0.1, -0.05) is 48.0 Å². The van der Waals surface area contributed by atoms with Crippen molar-refractivity contribution in [1.82, 2.24) is 5.32 Å². The number of esters is 1. The van der Waals surface area contributed by atoms with E-state index in [1.165, 1.54) is 0 Å². The van der Waals surface area contributed by atoms with Crippen LogP contribution in [0.2, 0.25) is 0 Å². The van der Waals surface area contributed by atoms with Gasteiger partial charge in [-0.25, -0.2) is 0 Å². The van der Waals surface area contributed by atoms with Gasteiger partial charge in [-0.05, 0) is 31.5 Å². The third-order valence-electron chi connectivity index (χ3n) is 3.64. The average molecular weight is 341 g/mol. The van der Waals surface area contributed by atoms with Gasteiger partial charge in [0.15, 0.2) is 6.61 Å². The number of aryl methyl sites for hydroxylation is 1. The van der Waals surface area contributed by atoms with E-state index in [1.54, 1.807) is 0 Å². The zero-order valence-electron chi connectivity index (χ0n) is 14.5. The third kappa shape index (κ3) is 6.67. The first-order valence-electron chi connectivity index (χ1n) is 8.24. The summed E-state index contributed by atoms with van der Waals surface area (Å²) in [5.74, 6) is -0.0911. The molecular weight excluding hydrogens is 318 g/mol. The molecule has 0 spiro atoms. The van der Waals surface area contributed by atoms with Gasteiger partial charge in [-0.2, -0.15) is 0 Å². The molecule has 2 rings (SSSR count). The van der Waals surface area contributed by atoms with Gasteiger partial charge in [0, 0.05) is 0 Å². The molecule has 0 aromatic heterocycles. The molecule has 1 atom stereocenters. The molecule has 0 saturated carbocycles. The molecule has 0 saturated heterocycles. The van der Waals surface area contributed by atoms with Crippen LogP contribution in [0.3, 0.4) is 0 Å². The Hall–Kier alpha value is -2.82. The lowest BCUT2D eigenvalue weighted by atomic mass is 10.1. The van der Waals surface area contributed by atoms with E-state index in [2.05, 4.69) is 5.32 Å². The highest BCUT2D eigenvalue weighted by molar-refractivity contribution is 5.80. The Morgan fingerprint density at radius 1 is 1.04 bits per heavy atom. The summed E-state index contributed by atoms with van der Waals surface area (Å²) in [7, 11) is 0. The molecule has 1 N–H and O–H groups in total. The Morgan fingerprint density at radius 2 is 1.72 bits per heavy atom. The highest BCUT2D eigenvalue weighted by Gasteiger charge is 2.11. The molecule has 0 heterocycles. The van der Waals surface area contributed by atoms with Crippen LogP contribution in [-0.2, 0) is 14.3 Å². The van der Waals surface area contributed by atoms with Crippen LogP contribution in [-0.4, -0.2) is 25.1 Å². The fraction of sp³-hybridized carbons (Fsp3) is 0.300. The number of rotatable bonds is 8. The first-order valence-corrected chi connectivity index (χ1v) is 8.24.